The maximum absolute atomic E-state index is 14.8. The quantitative estimate of drug-likeness (QED) is 0.276. The van der Waals surface area contributed by atoms with Gasteiger partial charge in [-0.3, -0.25) is 0 Å². The van der Waals surface area contributed by atoms with E-state index in [9.17, 15) is 17.6 Å². The van der Waals surface area contributed by atoms with E-state index >= 15 is 0 Å². The highest BCUT2D eigenvalue weighted by Crippen LogP contribution is 2.39. The zero-order valence-corrected chi connectivity index (χ0v) is 18.9. The summed E-state index contributed by atoms with van der Waals surface area (Å²) in [5, 5.41) is 0. The number of allylic oxidation sites excluding steroid dienone is 2. The number of aryl methyl sites for hydroxylation is 1. The summed E-state index contributed by atoms with van der Waals surface area (Å²) in [6.07, 6.45) is 7.30. The molecule has 32 heavy (non-hydrogen) atoms. The molecular formula is C27H32F4O. The molecule has 0 radical (unpaired) electrons. The largest absolute Gasteiger partial charge is 0.493 e. The first-order valence-electron chi connectivity index (χ1n) is 11.6. The highest BCUT2D eigenvalue weighted by molar-refractivity contribution is 5.31. The van der Waals surface area contributed by atoms with Crippen molar-refractivity contribution in [2.45, 2.75) is 70.9 Å². The lowest BCUT2D eigenvalue weighted by Crippen LogP contribution is -2.14. The van der Waals surface area contributed by atoms with E-state index < -0.39 is 17.8 Å². The van der Waals surface area contributed by atoms with Crippen molar-refractivity contribution in [3.63, 3.8) is 0 Å². The zero-order chi connectivity index (χ0) is 23.1. The Kier molecular flexibility index (Phi) is 8.77. The molecule has 3 rings (SSSR count). The summed E-state index contributed by atoms with van der Waals surface area (Å²) in [6.45, 7) is 3.89. The van der Waals surface area contributed by atoms with Gasteiger partial charge in [0.1, 0.15) is 17.7 Å². The molecule has 1 unspecified atom stereocenters. The van der Waals surface area contributed by atoms with Crippen LogP contribution in [0.4, 0.5) is 17.6 Å². The fourth-order valence-corrected chi connectivity index (χ4v) is 4.56. The topological polar surface area (TPSA) is 9.23 Å². The van der Waals surface area contributed by atoms with Gasteiger partial charge in [-0.25, -0.2) is 17.6 Å². The molecule has 1 fully saturated rings. The monoisotopic (exact) mass is 448 g/mol. The molecule has 1 saturated carbocycles. The Morgan fingerprint density at radius 1 is 1.03 bits per heavy atom. The van der Waals surface area contributed by atoms with Crippen molar-refractivity contribution in [3.05, 3.63) is 76.6 Å². The van der Waals surface area contributed by atoms with Gasteiger partial charge in [-0.1, -0.05) is 43.7 Å². The van der Waals surface area contributed by atoms with Gasteiger partial charge < -0.3 is 4.74 Å². The Balaban J connectivity index is 1.58. The fraction of sp³-hybridized carbons (Fsp3) is 0.481. The van der Waals surface area contributed by atoms with Crippen molar-refractivity contribution in [1.82, 2.24) is 0 Å². The Morgan fingerprint density at radius 2 is 1.78 bits per heavy atom. The minimum Gasteiger partial charge on any atom is -0.493 e. The molecule has 1 aliphatic rings. The molecule has 5 heteroatoms. The number of hydrogen-bond donors (Lipinski definition) is 0. The highest BCUT2D eigenvalue weighted by Gasteiger charge is 2.27. The lowest BCUT2D eigenvalue weighted by atomic mass is 9.78. The second-order valence-corrected chi connectivity index (χ2v) is 8.62. The van der Waals surface area contributed by atoms with Gasteiger partial charge in [0.25, 0.3) is 0 Å². The first kappa shape index (κ1) is 24.3. The van der Waals surface area contributed by atoms with Crippen molar-refractivity contribution in [2.75, 3.05) is 6.61 Å². The summed E-state index contributed by atoms with van der Waals surface area (Å²) in [7, 11) is 0. The van der Waals surface area contributed by atoms with Crippen molar-refractivity contribution in [2.24, 2.45) is 5.92 Å². The van der Waals surface area contributed by atoms with Gasteiger partial charge in [-0.05, 0) is 68.1 Å². The number of halogens is 4. The molecule has 1 atom stereocenters. The Morgan fingerprint density at radius 3 is 2.44 bits per heavy atom. The van der Waals surface area contributed by atoms with E-state index in [2.05, 4.69) is 6.08 Å². The van der Waals surface area contributed by atoms with Crippen LogP contribution >= 0.6 is 0 Å². The third-order valence-electron chi connectivity index (χ3n) is 6.34. The predicted molar refractivity (Wildman–Crippen MR) is 120 cm³/mol. The van der Waals surface area contributed by atoms with Gasteiger partial charge in [0.2, 0.25) is 0 Å². The molecule has 1 nitrogen and oxygen atoms in total. The van der Waals surface area contributed by atoms with Crippen molar-refractivity contribution >= 4 is 0 Å². The number of alkyl halides is 1. The van der Waals surface area contributed by atoms with Gasteiger partial charge in [0.15, 0.2) is 11.6 Å². The summed E-state index contributed by atoms with van der Waals surface area (Å²) in [5.74, 6) is -1.65. The first-order chi connectivity index (χ1) is 15.4. The average molecular weight is 449 g/mol. The van der Waals surface area contributed by atoms with Gasteiger partial charge in [0, 0.05) is 18.1 Å². The number of benzene rings is 2. The smallest absolute Gasteiger partial charge is 0.165 e. The van der Waals surface area contributed by atoms with E-state index in [-0.39, 0.29) is 30.3 Å². The van der Waals surface area contributed by atoms with Gasteiger partial charge in [0.05, 0.1) is 6.61 Å². The molecule has 0 aromatic heterocycles. The second-order valence-electron chi connectivity index (χ2n) is 8.62. The van der Waals surface area contributed by atoms with Crippen LogP contribution in [0, 0.1) is 23.4 Å². The number of rotatable bonds is 9. The van der Waals surface area contributed by atoms with E-state index in [0.29, 0.717) is 29.2 Å². The van der Waals surface area contributed by atoms with Crippen LogP contribution in [0.3, 0.4) is 0 Å². The summed E-state index contributed by atoms with van der Waals surface area (Å²) in [4.78, 5) is 0. The molecule has 0 spiro atoms. The Hall–Kier alpha value is -2.30. The molecule has 0 bridgehead atoms. The normalized spacial score (nSPS) is 19.9. The van der Waals surface area contributed by atoms with Crippen LogP contribution in [0.25, 0.3) is 0 Å². The van der Waals surface area contributed by atoms with Crippen LogP contribution in [0.1, 0.15) is 81.2 Å². The van der Waals surface area contributed by atoms with Crippen LogP contribution < -0.4 is 4.74 Å². The summed E-state index contributed by atoms with van der Waals surface area (Å²) < 4.78 is 63.5. The second kappa shape index (κ2) is 11.5. The minimum absolute atomic E-state index is 0.0352. The van der Waals surface area contributed by atoms with E-state index in [1.54, 1.807) is 12.1 Å². The molecule has 2 aromatic carbocycles. The molecule has 1 aliphatic carbocycles. The molecule has 174 valence electrons. The standard InChI is InChI=1S/C27H32F4O/c1-3-5-18-7-9-19(10-8-18)22-13-14-23(27(31)26(22)30)24(28)15-16-32-21-12-11-20(6-4-2)25(29)17-21/h3,5,11-14,17-19,24H,4,6-10,15-16H2,1-2H3. The summed E-state index contributed by atoms with van der Waals surface area (Å²) in [6, 6.07) is 7.46. The van der Waals surface area contributed by atoms with Crippen LogP contribution in [0.2, 0.25) is 0 Å². The van der Waals surface area contributed by atoms with Gasteiger partial charge in [-0.2, -0.15) is 0 Å². The minimum atomic E-state index is -1.70. The van der Waals surface area contributed by atoms with E-state index in [4.69, 9.17) is 4.74 Å². The van der Waals surface area contributed by atoms with Gasteiger partial charge >= 0.3 is 0 Å². The molecule has 0 aliphatic heterocycles. The van der Waals surface area contributed by atoms with Crippen LogP contribution in [0.15, 0.2) is 42.5 Å². The first-order valence-corrected chi connectivity index (χ1v) is 11.6. The lowest BCUT2D eigenvalue weighted by Gasteiger charge is -2.27. The molecular weight excluding hydrogens is 416 g/mol. The summed E-state index contributed by atoms with van der Waals surface area (Å²) >= 11 is 0. The van der Waals surface area contributed by atoms with E-state index in [0.717, 1.165) is 32.1 Å². The predicted octanol–water partition coefficient (Wildman–Crippen LogP) is 8.39. The maximum Gasteiger partial charge on any atom is 0.165 e. The van der Waals surface area contributed by atoms with Gasteiger partial charge in [-0.15, -0.1) is 0 Å². The molecule has 2 aromatic rings. The third-order valence-corrected chi connectivity index (χ3v) is 6.34. The lowest BCUT2D eigenvalue weighted by molar-refractivity contribution is 0.231. The highest BCUT2D eigenvalue weighted by atomic mass is 19.2. The Labute approximate surface area is 188 Å². The average Bonchev–Trinajstić information content (AvgIpc) is 2.78. The molecule has 0 N–H and O–H groups in total. The number of hydrogen-bond acceptors (Lipinski definition) is 1. The van der Waals surface area contributed by atoms with Crippen molar-refractivity contribution in [3.8, 4) is 5.75 Å². The molecule has 0 heterocycles. The van der Waals surface area contributed by atoms with E-state index in [1.165, 1.54) is 18.2 Å². The number of ether oxygens (including phenoxy) is 1. The third kappa shape index (κ3) is 5.93. The van der Waals surface area contributed by atoms with E-state index in [1.807, 2.05) is 19.9 Å². The maximum atomic E-state index is 14.8. The SMILES string of the molecule is CC=CC1CCC(c2ccc(C(F)CCOc3ccc(CCC)c(F)c3)c(F)c2F)CC1. The van der Waals surface area contributed by atoms with Crippen LogP contribution in [-0.4, -0.2) is 6.61 Å². The fourth-order valence-electron chi connectivity index (χ4n) is 4.56. The summed E-state index contributed by atoms with van der Waals surface area (Å²) in [5.41, 5.74) is 0.661. The van der Waals surface area contributed by atoms with Crippen molar-refractivity contribution < 1.29 is 22.3 Å². The molecule has 0 amide bonds. The molecule has 0 saturated heterocycles. The Bertz CT molecular complexity index is 916. The zero-order valence-electron chi connectivity index (χ0n) is 18.9. The van der Waals surface area contributed by atoms with Crippen LogP contribution in [0.5, 0.6) is 5.75 Å². The van der Waals surface area contributed by atoms with Crippen molar-refractivity contribution in [1.29, 1.82) is 0 Å². The van der Waals surface area contributed by atoms with Crippen LogP contribution in [-0.2, 0) is 6.42 Å².